The fourth-order valence-corrected chi connectivity index (χ4v) is 3.28. The van der Waals surface area contributed by atoms with Crippen LogP contribution in [0.1, 0.15) is 27.2 Å². The Morgan fingerprint density at radius 1 is 1.10 bits per heavy atom. The smallest absolute Gasteiger partial charge is 0.320 e. The van der Waals surface area contributed by atoms with E-state index in [1.54, 1.807) is 4.90 Å². The minimum Gasteiger partial charge on any atom is -0.481 e. The van der Waals surface area contributed by atoms with Crippen LogP contribution in [0.2, 0.25) is 0 Å². The minimum absolute atomic E-state index is 0.00644. The Morgan fingerprint density at radius 3 is 2.10 bits per heavy atom. The van der Waals surface area contributed by atoms with Gasteiger partial charge < -0.3 is 14.9 Å². The van der Waals surface area contributed by atoms with Gasteiger partial charge in [-0.3, -0.25) is 9.69 Å². The molecule has 2 saturated heterocycles. The van der Waals surface area contributed by atoms with Gasteiger partial charge in [0.25, 0.3) is 0 Å². The van der Waals surface area contributed by atoms with Crippen molar-refractivity contribution in [3.8, 4) is 0 Å². The number of amides is 2. The van der Waals surface area contributed by atoms with Crippen LogP contribution in [0.3, 0.4) is 0 Å². The number of nitrogens with zero attached hydrogens (tertiary/aromatic N) is 3. The van der Waals surface area contributed by atoms with Gasteiger partial charge in [0.1, 0.15) is 0 Å². The highest BCUT2D eigenvalue weighted by Crippen LogP contribution is 2.26. The van der Waals surface area contributed by atoms with Crippen LogP contribution in [0.15, 0.2) is 0 Å². The average molecular weight is 283 g/mol. The molecule has 0 saturated carbocycles. The van der Waals surface area contributed by atoms with E-state index < -0.39 is 11.9 Å². The van der Waals surface area contributed by atoms with Crippen molar-refractivity contribution in [1.29, 1.82) is 0 Å². The maximum Gasteiger partial charge on any atom is 0.320 e. The molecule has 4 unspecified atom stereocenters. The van der Waals surface area contributed by atoms with E-state index in [0.29, 0.717) is 38.1 Å². The van der Waals surface area contributed by atoms with Crippen molar-refractivity contribution in [2.75, 3.05) is 26.7 Å². The second-order valence-electron chi connectivity index (χ2n) is 6.22. The molecular weight excluding hydrogens is 258 g/mol. The molecule has 2 rings (SSSR count). The highest BCUT2D eigenvalue weighted by Gasteiger charge is 2.41. The maximum absolute atomic E-state index is 12.6. The Labute approximate surface area is 120 Å². The average Bonchev–Trinajstić information content (AvgIpc) is 2.76. The molecule has 2 aliphatic rings. The largest absolute Gasteiger partial charge is 0.481 e. The van der Waals surface area contributed by atoms with Gasteiger partial charge in [0.05, 0.1) is 5.92 Å². The molecule has 0 aromatic rings. The van der Waals surface area contributed by atoms with Gasteiger partial charge >= 0.3 is 12.0 Å². The number of carbonyl (C=O) groups excluding carboxylic acids is 1. The number of piperazine rings is 1. The lowest BCUT2D eigenvalue weighted by Crippen LogP contribution is -2.59. The van der Waals surface area contributed by atoms with Crippen molar-refractivity contribution in [3.05, 3.63) is 0 Å². The second-order valence-corrected chi connectivity index (χ2v) is 6.22. The molecule has 114 valence electrons. The molecule has 0 aromatic heterocycles. The molecule has 2 amide bonds. The van der Waals surface area contributed by atoms with E-state index >= 15 is 0 Å². The Balaban J connectivity index is 2.03. The first kappa shape index (κ1) is 15.1. The van der Waals surface area contributed by atoms with Crippen LogP contribution >= 0.6 is 0 Å². The fraction of sp³-hybridized carbons (Fsp3) is 0.857. The van der Waals surface area contributed by atoms with Crippen molar-refractivity contribution < 1.29 is 14.7 Å². The van der Waals surface area contributed by atoms with E-state index in [1.165, 1.54) is 0 Å². The number of hydrogen-bond acceptors (Lipinski definition) is 3. The highest BCUT2D eigenvalue weighted by molar-refractivity contribution is 5.78. The van der Waals surface area contributed by atoms with Gasteiger partial charge in [0.15, 0.2) is 0 Å². The molecule has 4 atom stereocenters. The van der Waals surface area contributed by atoms with Crippen LogP contribution in [0, 0.1) is 5.92 Å². The van der Waals surface area contributed by atoms with Crippen LogP contribution < -0.4 is 0 Å². The van der Waals surface area contributed by atoms with Gasteiger partial charge in [-0.1, -0.05) is 0 Å². The van der Waals surface area contributed by atoms with Gasteiger partial charge in [0.2, 0.25) is 0 Å². The number of likely N-dealkylation sites (N-methyl/N-ethyl adjacent to an activating group) is 1. The summed E-state index contributed by atoms with van der Waals surface area (Å²) in [4.78, 5) is 29.6. The van der Waals surface area contributed by atoms with E-state index in [9.17, 15) is 9.59 Å². The number of carbonyl (C=O) groups is 2. The molecule has 0 aliphatic carbocycles. The van der Waals surface area contributed by atoms with Crippen LogP contribution in [-0.2, 0) is 4.79 Å². The lowest BCUT2D eigenvalue weighted by molar-refractivity contribution is -0.142. The number of carboxylic acid groups (broad SMARTS) is 1. The van der Waals surface area contributed by atoms with Gasteiger partial charge in [0, 0.05) is 37.8 Å². The van der Waals surface area contributed by atoms with Gasteiger partial charge in [-0.25, -0.2) is 4.79 Å². The molecule has 0 bridgehead atoms. The number of hydrogen-bond donors (Lipinski definition) is 1. The first-order chi connectivity index (χ1) is 9.32. The predicted molar refractivity (Wildman–Crippen MR) is 75.6 cm³/mol. The molecular formula is C14H25N3O3. The third-order valence-corrected chi connectivity index (χ3v) is 4.95. The zero-order valence-electron chi connectivity index (χ0n) is 12.7. The number of aliphatic carboxylic acids is 1. The van der Waals surface area contributed by atoms with E-state index in [4.69, 9.17) is 5.11 Å². The number of urea groups is 1. The summed E-state index contributed by atoms with van der Waals surface area (Å²) in [6.07, 6.45) is 0.557. The first-order valence-electron chi connectivity index (χ1n) is 7.33. The summed E-state index contributed by atoms with van der Waals surface area (Å²) >= 11 is 0. The molecule has 1 N–H and O–H groups in total. The maximum atomic E-state index is 12.6. The zero-order valence-corrected chi connectivity index (χ0v) is 12.7. The summed E-state index contributed by atoms with van der Waals surface area (Å²) < 4.78 is 0. The van der Waals surface area contributed by atoms with Crippen LogP contribution in [0.4, 0.5) is 4.79 Å². The third-order valence-electron chi connectivity index (χ3n) is 4.95. The monoisotopic (exact) mass is 283 g/mol. The molecule has 0 radical (unpaired) electrons. The van der Waals surface area contributed by atoms with Crippen LogP contribution in [-0.4, -0.2) is 76.6 Å². The van der Waals surface area contributed by atoms with E-state index in [0.717, 1.165) is 0 Å². The first-order valence-corrected chi connectivity index (χ1v) is 7.33. The van der Waals surface area contributed by atoms with E-state index in [2.05, 4.69) is 25.8 Å². The summed E-state index contributed by atoms with van der Waals surface area (Å²) in [5, 5.41) is 9.15. The molecule has 20 heavy (non-hydrogen) atoms. The topological polar surface area (TPSA) is 64.1 Å². The summed E-state index contributed by atoms with van der Waals surface area (Å²) in [6.45, 7) is 8.03. The Kier molecular flexibility index (Phi) is 4.22. The van der Waals surface area contributed by atoms with Crippen molar-refractivity contribution >= 4 is 12.0 Å². The Hall–Kier alpha value is -1.30. The quantitative estimate of drug-likeness (QED) is 0.777. The molecule has 2 heterocycles. The van der Waals surface area contributed by atoms with Crippen molar-refractivity contribution in [2.24, 2.45) is 5.92 Å². The SMILES string of the molecule is CC1C(C(=O)O)CCN1C(=O)N1CC(C)N(C)C(C)C1. The van der Waals surface area contributed by atoms with E-state index in [-0.39, 0.29) is 12.1 Å². The highest BCUT2D eigenvalue weighted by atomic mass is 16.4. The van der Waals surface area contributed by atoms with Gasteiger partial charge in [-0.05, 0) is 34.2 Å². The third kappa shape index (κ3) is 2.61. The van der Waals surface area contributed by atoms with Crippen LogP contribution in [0.25, 0.3) is 0 Å². The fourth-order valence-electron chi connectivity index (χ4n) is 3.28. The van der Waals surface area contributed by atoms with E-state index in [1.807, 2.05) is 11.8 Å². The van der Waals surface area contributed by atoms with Crippen molar-refractivity contribution in [2.45, 2.75) is 45.3 Å². The minimum atomic E-state index is -0.798. The lowest BCUT2D eigenvalue weighted by atomic mass is 10.0. The standard InChI is InChI=1S/C14H25N3O3/c1-9-7-16(8-10(2)15(9)4)14(20)17-6-5-12(11(17)3)13(18)19/h9-12H,5-8H2,1-4H3,(H,18,19). The predicted octanol–water partition coefficient (Wildman–Crippen LogP) is 0.926. The summed E-state index contributed by atoms with van der Waals surface area (Å²) in [7, 11) is 2.08. The molecule has 2 aliphatic heterocycles. The molecule has 0 aromatic carbocycles. The van der Waals surface area contributed by atoms with Gasteiger partial charge in [-0.15, -0.1) is 0 Å². The van der Waals surface area contributed by atoms with Gasteiger partial charge in [-0.2, -0.15) is 0 Å². The Bertz CT molecular complexity index is 389. The number of rotatable bonds is 1. The lowest BCUT2D eigenvalue weighted by Gasteiger charge is -2.44. The Morgan fingerprint density at radius 2 is 1.65 bits per heavy atom. The zero-order chi connectivity index (χ0) is 15.0. The summed E-state index contributed by atoms with van der Waals surface area (Å²) in [5.74, 6) is -1.23. The summed E-state index contributed by atoms with van der Waals surface area (Å²) in [5.41, 5.74) is 0. The molecule has 2 fully saturated rings. The molecule has 0 spiro atoms. The summed E-state index contributed by atoms with van der Waals surface area (Å²) in [6, 6.07) is 0.435. The molecule has 6 nitrogen and oxygen atoms in total. The number of likely N-dealkylation sites (tertiary alicyclic amines) is 1. The van der Waals surface area contributed by atoms with Crippen LogP contribution in [0.5, 0.6) is 0 Å². The second kappa shape index (κ2) is 5.60. The van der Waals surface area contributed by atoms with Crippen molar-refractivity contribution in [1.82, 2.24) is 14.7 Å². The molecule has 6 heteroatoms. The number of carboxylic acids is 1. The normalized spacial score (nSPS) is 35.4. The van der Waals surface area contributed by atoms with Crippen molar-refractivity contribution in [3.63, 3.8) is 0 Å².